The van der Waals surface area contributed by atoms with Gasteiger partial charge in [0.15, 0.2) is 0 Å². The lowest BCUT2D eigenvalue weighted by atomic mass is 9.95. The molecule has 1 fully saturated rings. The molecular weight excluding hydrogens is 428 g/mol. The Balaban J connectivity index is 1.79. The van der Waals surface area contributed by atoms with Crippen LogP contribution in [0.5, 0.6) is 0 Å². The van der Waals surface area contributed by atoms with Crippen LogP contribution in [0.25, 0.3) is 0 Å². The molecule has 1 aromatic carbocycles. The number of benzene rings is 1. The first-order valence-corrected chi connectivity index (χ1v) is 13.4. The lowest BCUT2D eigenvalue weighted by molar-refractivity contribution is 0.308. The number of hydrogen-bond donors (Lipinski definition) is 1. The first-order valence-electron chi connectivity index (χ1n) is 9.59. The van der Waals surface area contributed by atoms with Gasteiger partial charge in [-0.25, -0.2) is 21.6 Å². The number of nitrogens with zero attached hydrogens (tertiary/aromatic N) is 1. The van der Waals surface area contributed by atoms with E-state index in [2.05, 4.69) is 4.72 Å². The van der Waals surface area contributed by atoms with Crippen LogP contribution in [0, 0.1) is 34.6 Å². The Morgan fingerprint density at radius 2 is 1.41 bits per heavy atom. The molecule has 1 saturated heterocycles. The van der Waals surface area contributed by atoms with Crippen LogP contribution >= 0.6 is 11.3 Å². The van der Waals surface area contributed by atoms with Crippen molar-refractivity contribution in [2.75, 3.05) is 13.1 Å². The van der Waals surface area contributed by atoms with Gasteiger partial charge in [0.2, 0.25) is 20.0 Å². The first kappa shape index (κ1) is 22.4. The molecule has 1 aromatic heterocycles. The quantitative estimate of drug-likeness (QED) is 0.747. The summed E-state index contributed by atoms with van der Waals surface area (Å²) in [5.74, 6) is 0. The zero-order valence-corrected chi connectivity index (χ0v) is 19.9. The van der Waals surface area contributed by atoms with Crippen LogP contribution in [0.15, 0.2) is 26.6 Å². The highest BCUT2D eigenvalue weighted by Gasteiger charge is 2.34. The Kier molecular flexibility index (Phi) is 6.27. The van der Waals surface area contributed by atoms with Crippen molar-refractivity contribution in [3.05, 3.63) is 45.3 Å². The third kappa shape index (κ3) is 4.16. The van der Waals surface area contributed by atoms with Gasteiger partial charge in [-0.15, -0.1) is 11.3 Å². The number of thiophene rings is 1. The van der Waals surface area contributed by atoms with Gasteiger partial charge in [-0.3, -0.25) is 0 Å². The largest absolute Gasteiger partial charge is 0.250 e. The SMILES string of the molecule is Cc1c(C)c(C)c(S(=O)(=O)N2CCC(NS(=O)(=O)c3cccs3)CC2)c(C)c1C. The molecule has 0 atom stereocenters. The summed E-state index contributed by atoms with van der Waals surface area (Å²) in [6, 6.07) is 3.00. The molecule has 0 bridgehead atoms. The molecule has 6 nitrogen and oxygen atoms in total. The summed E-state index contributed by atoms with van der Waals surface area (Å²) in [4.78, 5) is 0.399. The predicted octanol–water partition coefficient (Wildman–Crippen LogP) is 3.42. The van der Waals surface area contributed by atoms with Crippen LogP contribution in [0.4, 0.5) is 0 Å². The van der Waals surface area contributed by atoms with E-state index in [0.29, 0.717) is 30.8 Å². The first-order chi connectivity index (χ1) is 13.5. The normalized spacial score (nSPS) is 17.0. The second-order valence-electron chi connectivity index (χ2n) is 7.69. The van der Waals surface area contributed by atoms with Gasteiger partial charge >= 0.3 is 0 Å². The summed E-state index contributed by atoms with van der Waals surface area (Å²) in [7, 11) is -7.19. The predicted molar refractivity (Wildman–Crippen MR) is 117 cm³/mol. The second kappa shape index (κ2) is 8.11. The molecular formula is C20H28N2O4S3. The zero-order chi connectivity index (χ0) is 21.6. The van der Waals surface area contributed by atoms with Crippen LogP contribution in [0.3, 0.4) is 0 Å². The topological polar surface area (TPSA) is 83.6 Å². The molecule has 29 heavy (non-hydrogen) atoms. The van der Waals surface area contributed by atoms with E-state index in [1.807, 2.05) is 34.6 Å². The van der Waals surface area contributed by atoms with Gasteiger partial charge in [0.1, 0.15) is 4.21 Å². The summed E-state index contributed by atoms with van der Waals surface area (Å²) < 4.78 is 56.2. The van der Waals surface area contributed by atoms with E-state index in [1.54, 1.807) is 17.5 Å². The van der Waals surface area contributed by atoms with Crippen molar-refractivity contribution in [1.82, 2.24) is 9.03 Å². The Morgan fingerprint density at radius 1 is 0.897 bits per heavy atom. The molecule has 0 radical (unpaired) electrons. The van der Waals surface area contributed by atoms with E-state index in [4.69, 9.17) is 0 Å². The third-order valence-electron chi connectivity index (χ3n) is 6.06. The van der Waals surface area contributed by atoms with Crippen LogP contribution in [0.1, 0.15) is 40.7 Å². The van der Waals surface area contributed by atoms with Crippen LogP contribution in [-0.4, -0.2) is 40.3 Å². The second-order valence-corrected chi connectivity index (χ2v) is 12.4. The molecule has 0 spiro atoms. The van der Waals surface area contributed by atoms with E-state index in [0.717, 1.165) is 27.8 Å². The fourth-order valence-corrected chi connectivity index (χ4v) is 8.23. The number of sulfonamides is 2. The van der Waals surface area contributed by atoms with E-state index < -0.39 is 20.0 Å². The lowest BCUT2D eigenvalue weighted by Crippen LogP contribution is -2.46. The Bertz CT molecular complexity index is 1080. The fourth-order valence-electron chi connectivity index (χ4n) is 3.89. The maximum atomic E-state index is 13.4. The Morgan fingerprint density at radius 3 is 1.90 bits per heavy atom. The van der Waals surface area contributed by atoms with Crippen molar-refractivity contribution < 1.29 is 16.8 Å². The monoisotopic (exact) mass is 456 g/mol. The molecule has 1 N–H and O–H groups in total. The van der Waals surface area contributed by atoms with E-state index in [1.165, 1.54) is 15.6 Å². The minimum absolute atomic E-state index is 0.266. The highest BCUT2D eigenvalue weighted by molar-refractivity contribution is 7.91. The molecule has 0 saturated carbocycles. The molecule has 2 heterocycles. The van der Waals surface area contributed by atoms with Gasteiger partial charge in [-0.1, -0.05) is 6.07 Å². The summed E-state index contributed by atoms with van der Waals surface area (Å²) >= 11 is 1.17. The minimum atomic E-state index is -3.64. The third-order valence-corrected chi connectivity index (χ3v) is 11.2. The van der Waals surface area contributed by atoms with Gasteiger partial charge < -0.3 is 0 Å². The van der Waals surface area contributed by atoms with Crippen molar-refractivity contribution in [3.8, 4) is 0 Å². The molecule has 0 amide bonds. The molecule has 160 valence electrons. The average Bonchev–Trinajstić information content (AvgIpc) is 3.21. The zero-order valence-electron chi connectivity index (χ0n) is 17.4. The number of piperidine rings is 1. The molecule has 2 aromatic rings. The van der Waals surface area contributed by atoms with Gasteiger partial charge in [-0.05, 0) is 86.7 Å². The molecule has 0 unspecified atom stereocenters. The standard InChI is InChI=1S/C20H28N2O4S3/c1-13-14(2)16(4)20(17(5)15(13)3)29(25,26)22-10-8-18(9-11-22)21-28(23,24)19-7-6-12-27-19/h6-7,12,18,21H,8-11H2,1-5H3. The van der Waals surface area contributed by atoms with E-state index in [9.17, 15) is 16.8 Å². The molecule has 3 rings (SSSR count). The number of hydrogen-bond acceptors (Lipinski definition) is 5. The number of nitrogens with one attached hydrogen (secondary N) is 1. The highest BCUT2D eigenvalue weighted by atomic mass is 32.2. The fraction of sp³-hybridized carbons (Fsp3) is 0.500. The van der Waals surface area contributed by atoms with E-state index in [-0.39, 0.29) is 10.3 Å². The van der Waals surface area contributed by atoms with Crippen molar-refractivity contribution in [1.29, 1.82) is 0 Å². The maximum Gasteiger partial charge on any atom is 0.250 e. The Labute approximate surface area is 178 Å². The van der Waals surface area contributed by atoms with Gasteiger partial charge in [-0.2, -0.15) is 4.31 Å². The van der Waals surface area contributed by atoms with Crippen LogP contribution in [0.2, 0.25) is 0 Å². The molecule has 9 heteroatoms. The molecule has 1 aliphatic heterocycles. The summed E-state index contributed by atoms with van der Waals surface area (Å²) in [5, 5.41) is 1.72. The van der Waals surface area contributed by atoms with Crippen molar-refractivity contribution in [2.45, 2.75) is 62.6 Å². The molecule has 0 aliphatic carbocycles. The van der Waals surface area contributed by atoms with Gasteiger partial charge in [0.05, 0.1) is 4.90 Å². The minimum Gasteiger partial charge on any atom is -0.207 e. The summed E-state index contributed by atoms with van der Waals surface area (Å²) in [6.07, 6.45) is 0.900. The van der Waals surface area contributed by atoms with Crippen LogP contribution < -0.4 is 4.72 Å². The van der Waals surface area contributed by atoms with Crippen molar-refractivity contribution >= 4 is 31.4 Å². The maximum absolute atomic E-state index is 13.4. The van der Waals surface area contributed by atoms with E-state index >= 15 is 0 Å². The Hall–Kier alpha value is -1.26. The van der Waals surface area contributed by atoms with Crippen LogP contribution in [-0.2, 0) is 20.0 Å². The number of rotatable bonds is 5. The van der Waals surface area contributed by atoms with Crippen molar-refractivity contribution in [2.24, 2.45) is 0 Å². The molecule has 1 aliphatic rings. The summed E-state index contributed by atoms with van der Waals surface area (Å²) in [6.45, 7) is 10.3. The smallest absolute Gasteiger partial charge is 0.207 e. The lowest BCUT2D eigenvalue weighted by Gasteiger charge is -2.32. The van der Waals surface area contributed by atoms with Gasteiger partial charge in [0, 0.05) is 19.1 Å². The summed E-state index contributed by atoms with van der Waals surface area (Å²) in [5.41, 5.74) is 4.73. The highest BCUT2D eigenvalue weighted by Crippen LogP contribution is 2.32. The van der Waals surface area contributed by atoms with Gasteiger partial charge in [0.25, 0.3) is 0 Å². The van der Waals surface area contributed by atoms with Crippen molar-refractivity contribution in [3.63, 3.8) is 0 Å². The average molecular weight is 457 g/mol.